The number of aryl methyl sites for hydroxylation is 1. The van der Waals surface area contributed by atoms with Crippen molar-refractivity contribution in [1.82, 2.24) is 0 Å². The Morgan fingerprint density at radius 2 is 1.83 bits per heavy atom. The van der Waals surface area contributed by atoms with Crippen molar-refractivity contribution in [3.8, 4) is 0 Å². The number of oxime groups is 1. The van der Waals surface area contributed by atoms with Crippen molar-refractivity contribution in [3.63, 3.8) is 0 Å². The van der Waals surface area contributed by atoms with Gasteiger partial charge in [-0.25, -0.2) is 0 Å². The van der Waals surface area contributed by atoms with Crippen LogP contribution in [-0.2, 0) is 25.4 Å². The summed E-state index contributed by atoms with van der Waals surface area (Å²) in [6.45, 7) is 1.77. The molecule has 12 heteroatoms. The summed E-state index contributed by atoms with van der Waals surface area (Å²) in [4.78, 5) is 11.8. The molecule has 156 valence electrons. The van der Waals surface area contributed by atoms with Crippen LogP contribution in [0.25, 0.3) is 0 Å². The molecular formula is C17H15ClF3N3O4S. The number of nitrogens with one attached hydrogen (secondary N) is 1. The largest absolute Gasteiger partial charge is 0.416 e. The van der Waals surface area contributed by atoms with E-state index in [9.17, 15) is 26.4 Å². The number of carbonyl (C=O) groups excluding carboxylic acids is 1. The molecule has 0 unspecified atom stereocenters. The highest BCUT2D eigenvalue weighted by atomic mass is 35.5. The second-order valence-electron chi connectivity index (χ2n) is 5.84. The maximum absolute atomic E-state index is 12.8. The highest BCUT2D eigenvalue weighted by Crippen LogP contribution is 2.33. The number of amides is 1. The van der Waals surface area contributed by atoms with Gasteiger partial charge < -0.3 is 11.1 Å². The molecule has 0 aliphatic rings. The van der Waals surface area contributed by atoms with E-state index in [2.05, 4.69) is 14.8 Å². The molecule has 0 saturated carbocycles. The van der Waals surface area contributed by atoms with Gasteiger partial charge in [0.15, 0.2) is 0 Å². The van der Waals surface area contributed by atoms with E-state index in [0.717, 1.165) is 17.7 Å². The van der Waals surface area contributed by atoms with Gasteiger partial charge in [0, 0.05) is 0 Å². The summed E-state index contributed by atoms with van der Waals surface area (Å²) in [5.74, 6) is -1.38. The third-order valence-electron chi connectivity index (χ3n) is 3.47. The van der Waals surface area contributed by atoms with E-state index in [0.29, 0.717) is 6.07 Å². The zero-order valence-corrected chi connectivity index (χ0v) is 16.4. The SMILES string of the molecule is Cc1ccc(S(=O)(=O)O/N=C(\N)CC(=O)Nc2cc(C(F)(F)F)ccc2Cl)cc1. The van der Waals surface area contributed by atoms with Crippen LogP contribution >= 0.6 is 11.6 Å². The van der Waals surface area contributed by atoms with Crippen molar-refractivity contribution >= 4 is 39.1 Å². The number of anilines is 1. The zero-order valence-electron chi connectivity index (χ0n) is 14.8. The van der Waals surface area contributed by atoms with Gasteiger partial charge in [-0.2, -0.15) is 21.6 Å². The summed E-state index contributed by atoms with van der Waals surface area (Å²) in [5, 5.41) is 5.22. The fraction of sp³-hybridized carbons (Fsp3) is 0.176. The predicted molar refractivity (Wildman–Crippen MR) is 101 cm³/mol. The second kappa shape index (κ2) is 8.70. The number of nitrogens with two attached hydrogens (primary N) is 1. The van der Waals surface area contributed by atoms with E-state index in [4.69, 9.17) is 17.3 Å². The Labute approximate surface area is 169 Å². The second-order valence-corrected chi connectivity index (χ2v) is 7.78. The monoisotopic (exact) mass is 449 g/mol. The molecule has 0 aliphatic heterocycles. The lowest BCUT2D eigenvalue weighted by molar-refractivity contribution is -0.137. The quantitative estimate of drug-likeness (QED) is 0.397. The third kappa shape index (κ3) is 6.36. The number of nitrogens with zero attached hydrogens (tertiary/aromatic N) is 1. The van der Waals surface area contributed by atoms with Gasteiger partial charge in [0.05, 0.1) is 22.7 Å². The third-order valence-corrected chi connectivity index (χ3v) is 4.92. The number of amidine groups is 1. The number of carbonyl (C=O) groups is 1. The van der Waals surface area contributed by atoms with Crippen molar-refractivity contribution in [1.29, 1.82) is 0 Å². The Bertz CT molecular complexity index is 1040. The standard InChI is InChI=1S/C17H15ClF3N3O4S/c1-10-2-5-12(6-3-10)29(26,27)28-24-15(22)9-16(25)23-14-8-11(17(19,20)21)4-7-13(14)18/h2-8H,9H2,1H3,(H2,22,24)(H,23,25). The molecule has 0 aliphatic carbocycles. The fourth-order valence-electron chi connectivity index (χ4n) is 2.03. The Morgan fingerprint density at radius 3 is 2.41 bits per heavy atom. The van der Waals surface area contributed by atoms with Gasteiger partial charge in [0.25, 0.3) is 0 Å². The molecule has 2 aromatic rings. The summed E-state index contributed by atoms with van der Waals surface area (Å²) in [6, 6.07) is 8.11. The molecule has 0 heterocycles. The molecule has 29 heavy (non-hydrogen) atoms. The average molecular weight is 450 g/mol. The van der Waals surface area contributed by atoms with Crippen LogP contribution in [0.5, 0.6) is 0 Å². The summed E-state index contributed by atoms with van der Waals surface area (Å²) in [7, 11) is -4.24. The molecule has 0 spiro atoms. The van der Waals surface area contributed by atoms with Crippen LogP contribution in [0.3, 0.4) is 0 Å². The number of halogens is 4. The molecule has 7 nitrogen and oxygen atoms in total. The van der Waals surface area contributed by atoms with Crippen molar-refractivity contribution < 1.29 is 30.7 Å². The van der Waals surface area contributed by atoms with Gasteiger partial charge in [0.2, 0.25) is 5.91 Å². The van der Waals surface area contributed by atoms with Crippen molar-refractivity contribution in [3.05, 3.63) is 58.6 Å². The Morgan fingerprint density at radius 1 is 1.21 bits per heavy atom. The lowest BCUT2D eigenvalue weighted by Crippen LogP contribution is -2.23. The molecule has 0 bridgehead atoms. The highest BCUT2D eigenvalue weighted by Gasteiger charge is 2.31. The molecule has 1 amide bonds. The van der Waals surface area contributed by atoms with Crippen LogP contribution in [0, 0.1) is 6.92 Å². The first-order valence-electron chi connectivity index (χ1n) is 7.88. The highest BCUT2D eigenvalue weighted by molar-refractivity contribution is 7.86. The first-order valence-corrected chi connectivity index (χ1v) is 9.66. The maximum Gasteiger partial charge on any atom is 0.416 e. The van der Waals surface area contributed by atoms with Crippen LogP contribution in [0.15, 0.2) is 52.5 Å². The normalized spacial score (nSPS) is 12.5. The Kier molecular flexibility index (Phi) is 6.75. The lowest BCUT2D eigenvalue weighted by Gasteiger charge is -2.11. The molecular weight excluding hydrogens is 435 g/mol. The summed E-state index contributed by atoms with van der Waals surface area (Å²) in [6.07, 6.45) is -5.27. The van der Waals surface area contributed by atoms with Gasteiger partial charge in [-0.3, -0.25) is 9.08 Å². The number of hydrogen-bond acceptors (Lipinski definition) is 5. The topological polar surface area (TPSA) is 111 Å². The van der Waals surface area contributed by atoms with Crippen molar-refractivity contribution in [2.75, 3.05) is 5.32 Å². The predicted octanol–water partition coefficient (Wildman–Crippen LogP) is 3.67. The van der Waals surface area contributed by atoms with Gasteiger partial charge in [-0.05, 0) is 37.3 Å². The van der Waals surface area contributed by atoms with Gasteiger partial charge in [-0.1, -0.05) is 34.5 Å². The summed E-state index contributed by atoms with van der Waals surface area (Å²) >= 11 is 5.78. The number of hydrogen-bond donors (Lipinski definition) is 2. The molecule has 2 aromatic carbocycles. The molecule has 0 saturated heterocycles. The van der Waals surface area contributed by atoms with Gasteiger partial charge in [0.1, 0.15) is 10.7 Å². The zero-order chi connectivity index (χ0) is 21.8. The first-order chi connectivity index (χ1) is 13.4. The molecule has 3 N–H and O–H groups in total. The molecule has 2 rings (SSSR count). The van der Waals surface area contributed by atoms with E-state index in [1.54, 1.807) is 19.1 Å². The van der Waals surface area contributed by atoms with E-state index >= 15 is 0 Å². The lowest BCUT2D eigenvalue weighted by atomic mass is 10.2. The van der Waals surface area contributed by atoms with Gasteiger partial charge in [-0.15, -0.1) is 0 Å². The van der Waals surface area contributed by atoms with Gasteiger partial charge >= 0.3 is 16.3 Å². The number of rotatable bonds is 6. The molecule has 0 atom stereocenters. The van der Waals surface area contributed by atoms with Crippen molar-refractivity contribution in [2.24, 2.45) is 10.9 Å². The molecule has 0 radical (unpaired) electrons. The number of benzene rings is 2. The van der Waals surface area contributed by atoms with E-state index < -0.39 is 40.0 Å². The minimum atomic E-state index is -4.62. The van der Waals surface area contributed by atoms with Crippen LogP contribution in [0.1, 0.15) is 17.5 Å². The van der Waals surface area contributed by atoms with Crippen LogP contribution in [-0.4, -0.2) is 20.2 Å². The van der Waals surface area contributed by atoms with Crippen LogP contribution in [0.4, 0.5) is 18.9 Å². The summed E-state index contributed by atoms with van der Waals surface area (Å²) < 4.78 is 66.7. The van der Waals surface area contributed by atoms with Crippen molar-refractivity contribution in [2.45, 2.75) is 24.4 Å². The first kappa shape index (κ1) is 22.5. The van der Waals surface area contributed by atoms with E-state index in [1.165, 1.54) is 12.1 Å². The van der Waals surface area contributed by atoms with E-state index in [1.807, 2.05) is 0 Å². The van der Waals surface area contributed by atoms with Crippen LogP contribution in [0.2, 0.25) is 5.02 Å². The maximum atomic E-state index is 12.8. The van der Waals surface area contributed by atoms with Crippen LogP contribution < -0.4 is 11.1 Å². The minimum Gasteiger partial charge on any atom is -0.384 e. The van der Waals surface area contributed by atoms with E-state index in [-0.39, 0.29) is 15.6 Å². The number of alkyl halides is 3. The molecule has 0 aromatic heterocycles. The minimum absolute atomic E-state index is 0.125. The fourth-order valence-corrected chi connectivity index (χ4v) is 2.95. The Balaban J connectivity index is 2.04. The molecule has 0 fully saturated rings. The average Bonchev–Trinajstić information content (AvgIpc) is 2.61. The summed E-state index contributed by atoms with van der Waals surface area (Å²) in [5.41, 5.74) is 5.00. The smallest absolute Gasteiger partial charge is 0.384 e. The Hall–Kier alpha value is -2.79.